The molecule has 0 saturated carbocycles. The Morgan fingerprint density at radius 2 is 2.19 bits per heavy atom. The molecule has 0 bridgehead atoms. The highest BCUT2D eigenvalue weighted by Crippen LogP contribution is 2.16. The normalized spacial score (nSPS) is 14.8. The van der Waals surface area contributed by atoms with E-state index >= 15 is 0 Å². The van der Waals surface area contributed by atoms with Crippen molar-refractivity contribution < 1.29 is 4.21 Å². The van der Waals surface area contributed by atoms with Gasteiger partial charge in [0, 0.05) is 40.4 Å². The molecule has 2 atom stereocenters. The van der Waals surface area contributed by atoms with Crippen LogP contribution in [0, 0.1) is 6.92 Å². The first-order valence-electron chi connectivity index (χ1n) is 5.27. The van der Waals surface area contributed by atoms with E-state index < -0.39 is 10.8 Å². The summed E-state index contributed by atoms with van der Waals surface area (Å²) in [6.07, 6.45) is 1.72. The summed E-state index contributed by atoms with van der Waals surface area (Å²) in [5.41, 5.74) is 2.25. The molecule has 2 nitrogen and oxygen atoms in total. The first-order valence-corrected chi connectivity index (χ1v) is 7.38. The summed E-state index contributed by atoms with van der Waals surface area (Å²) in [6.45, 7) is 4.79. The van der Waals surface area contributed by atoms with Crippen molar-refractivity contribution >= 4 is 22.4 Å². The van der Waals surface area contributed by atoms with E-state index in [-0.39, 0.29) is 6.04 Å². The maximum atomic E-state index is 11.0. The zero-order valence-corrected chi connectivity index (χ0v) is 11.5. The van der Waals surface area contributed by atoms with Crippen molar-refractivity contribution in [3.05, 3.63) is 34.3 Å². The third kappa shape index (κ3) is 4.64. The van der Waals surface area contributed by atoms with Crippen molar-refractivity contribution in [1.82, 2.24) is 5.32 Å². The van der Waals surface area contributed by atoms with Gasteiger partial charge in [0.1, 0.15) is 0 Å². The SMILES string of the molecule is Cc1ccc(CNC(C)CS(C)=O)cc1Cl. The van der Waals surface area contributed by atoms with Crippen LogP contribution in [0.1, 0.15) is 18.1 Å². The van der Waals surface area contributed by atoms with E-state index in [0.717, 1.165) is 22.7 Å². The molecule has 0 aliphatic carbocycles. The van der Waals surface area contributed by atoms with Crippen molar-refractivity contribution in [2.75, 3.05) is 12.0 Å². The van der Waals surface area contributed by atoms with E-state index in [1.54, 1.807) is 6.26 Å². The van der Waals surface area contributed by atoms with Crippen LogP contribution in [0.4, 0.5) is 0 Å². The van der Waals surface area contributed by atoms with Crippen molar-refractivity contribution in [3.63, 3.8) is 0 Å². The van der Waals surface area contributed by atoms with Gasteiger partial charge in [-0.2, -0.15) is 0 Å². The Morgan fingerprint density at radius 1 is 1.50 bits per heavy atom. The summed E-state index contributed by atoms with van der Waals surface area (Å²) in [5.74, 6) is 0.680. The van der Waals surface area contributed by atoms with Crippen LogP contribution in [0.3, 0.4) is 0 Å². The largest absolute Gasteiger partial charge is 0.309 e. The molecule has 1 N–H and O–H groups in total. The summed E-state index contributed by atoms with van der Waals surface area (Å²) in [7, 11) is -0.750. The molecule has 0 saturated heterocycles. The van der Waals surface area contributed by atoms with E-state index in [1.165, 1.54) is 0 Å². The van der Waals surface area contributed by atoms with Crippen LogP contribution in [0.5, 0.6) is 0 Å². The fraction of sp³-hybridized carbons (Fsp3) is 0.500. The Balaban J connectivity index is 2.48. The average Bonchev–Trinajstić information content (AvgIpc) is 2.19. The molecular formula is C12H18ClNOS. The predicted molar refractivity (Wildman–Crippen MR) is 71.4 cm³/mol. The molecule has 1 aromatic rings. The van der Waals surface area contributed by atoms with Crippen LogP contribution in [-0.4, -0.2) is 22.3 Å². The molecule has 0 heterocycles. The summed E-state index contributed by atoms with van der Waals surface area (Å²) < 4.78 is 11.0. The summed E-state index contributed by atoms with van der Waals surface area (Å²) in [4.78, 5) is 0. The highest BCUT2D eigenvalue weighted by atomic mass is 35.5. The summed E-state index contributed by atoms with van der Waals surface area (Å²) >= 11 is 6.04. The number of hydrogen-bond donors (Lipinski definition) is 1. The van der Waals surface area contributed by atoms with Gasteiger partial charge in [-0.3, -0.25) is 4.21 Å². The zero-order chi connectivity index (χ0) is 12.1. The average molecular weight is 260 g/mol. The zero-order valence-electron chi connectivity index (χ0n) is 9.92. The second-order valence-corrected chi connectivity index (χ2v) is 5.99. The molecule has 0 aliphatic rings. The molecule has 4 heteroatoms. The molecule has 0 radical (unpaired) electrons. The highest BCUT2D eigenvalue weighted by molar-refractivity contribution is 7.84. The second-order valence-electron chi connectivity index (χ2n) is 4.11. The standard InChI is InChI=1S/C12H18ClNOS/c1-9-4-5-11(6-12(9)13)7-14-10(2)8-16(3)15/h4-6,10,14H,7-8H2,1-3H3. The molecule has 90 valence electrons. The fourth-order valence-corrected chi connectivity index (χ4v) is 2.47. The number of rotatable bonds is 5. The van der Waals surface area contributed by atoms with Gasteiger partial charge in [-0.15, -0.1) is 0 Å². The summed E-state index contributed by atoms with van der Waals surface area (Å²) in [6, 6.07) is 6.30. The third-order valence-electron chi connectivity index (χ3n) is 2.38. The minimum absolute atomic E-state index is 0.255. The molecule has 1 rings (SSSR count). The van der Waals surface area contributed by atoms with Gasteiger partial charge in [0.15, 0.2) is 0 Å². The lowest BCUT2D eigenvalue weighted by Gasteiger charge is -2.12. The molecule has 0 amide bonds. The summed E-state index contributed by atoms with van der Waals surface area (Å²) in [5, 5.41) is 4.12. The van der Waals surface area contributed by atoms with Gasteiger partial charge >= 0.3 is 0 Å². The molecule has 0 aromatic heterocycles. The lowest BCUT2D eigenvalue weighted by molar-refractivity contribution is 0.587. The maximum absolute atomic E-state index is 11.0. The molecular weight excluding hydrogens is 242 g/mol. The first-order chi connectivity index (χ1) is 7.49. The van der Waals surface area contributed by atoms with E-state index in [9.17, 15) is 4.21 Å². The predicted octanol–water partition coefficient (Wildman–Crippen LogP) is 2.51. The molecule has 0 spiro atoms. The van der Waals surface area contributed by atoms with E-state index in [2.05, 4.69) is 11.4 Å². The first kappa shape index (κ1) is 13.7. The van der Waals surface area contributed by atoms with E-state index in [0.29, 0.717) is 5.75 Å². The fourth-order valence-electron chi connectivity index (χ4n) is 1.45. The topological polar surface area (TPSA) is 29.1 Å². The Kier molecular flexibility index (Phi) is 5.46. The molecule has 2 unspecified atom stereocenters. The number of nitrogens with one attached hydrogen (secondary N) is 1. The number of aryl methyl sites for hydroxylation is 1. The smallest absolute Gasteiger partial charge is 0.0438 e. The van der Waals surface area contributed by atoms with Crippen LogP contribution in [0.2, 0.25) is 5.02 Å². The number of halogens is 1. The van der Waals surface area contributed by atoms with Crippen LogP contribution < -0.4 is 5.32 Å². The Hall–Kier alpha value is -0.380. The van der Waals surface area contributed by atoms with E-state index in [1.807, 2.05) is 26.0 Å². The van der Waals surface area contributed by atoms with Crippen LogP contribution in [0.25, 0.3) is 0 Å². The molecule has 16 heavy (non-hydrogen) atoms. The van der Waals surface area contributed by atoms with Gasteiger partial charge in [-0.1, -0.05) is 23.7 Å². The van der Waals surface area contributed by atoms with Gasteiger partial charge in [0.25, 0.3) is 0 Å². The number of benzene rings is 1. The monoisotopic (exact) mass is 259 g/mol. The van der Waals surface area contributed by atoms with Gasteiger partial charge in [-0.25, -0.2) is 0 Å². The van der Waals surface area contributed by atoms with Crippen molar-refractivity contribution in [1.29, 1.82) is 0 Å². The van der Waals surface area contributed by atoms with Crippen molar-refractivity contribution in [2.45, 2.75) is 26.4 Å². The third-order valence-corrected chi connectivity index (χ3v) is 3.75. The van der Waals surface area contributed by atoms with Gasteiger partial charge < -0.3 is 5.32 Å². The lowest BCUT2D eigenvalue weighted by Crippen LogP contribution is -2.30. The Labute approximate surface area is 105 Å². The van der Waals surface area contributed by atoms with Crippen LogP contribution in [0.15, 0.2) is 18.2 Å². The maximum Gasteiger partial charge on any atom is 0.0438 e. The quantitative estimate of drug-likeness (QED) is 0.880. The second kappa shape index (κ2) is 6.38. The Morgan fingerprint density at radius 3 is 2.75 bits per heavy atom. The van der Waals surface area contributed by atoms with Gasteiger partial charge in [-0.05, 0) is 31.0 Å². The Bertz CT molecular complexity index is 381. The van der Waals surface area contributed by atoms with Gasteiger partial charge in [0.2, 0.25) is 0 Å². The minimum atomic E-state index is -0.750. The minimum Gasteiger partial charge on any atom is -0.309 e. The highest BCUT2D eigenvalue weighted by Gasteiger charge is 2.04. The van der Waals surface area contributed by atoms with Crippen LogP contribution >= 0.6 is 11.6 Å². The van der Waals surface area contributed by atoms with E-state index in [4.69, 9.17) is 11.6 Å². The van der Waals surface area contributed by atoms with Crippen LogP contribution in [-0.2, 0) is 17.3 Å². The lowest BCUT2D eigenvalue weighted by atomic mass is 10.1. The van der Waals surface area contributed by atoms with Gasteiger partial charge in [0.05, 0.1) is 0 Å². The van der Waals surface area contributed by atoms with Crippen molar-refractivity contribution in [2.24, 2.45) is 0 Å². The molecule has 1 aromatic carbocycles. The number of hydrogen-bond acceptors (Lipinski definition) is 2. The molecule has 0 aliphatic heterocycles. The molecule has 0 fully saturated rings. The van der Waals surface area contributed by atoms with Crippen molar-refractivity contribution in [3.8, 4) is 0 Å².